The Morgan fingerprint density at radius 1 is 1.00 bits per heavy atom. The molecular weight excluding hydrogens is 352 g/mol. The number of aryl methyl sites for hydroxylation is 1. The Morgan fingerprint density at radius 3 is 2.36 bits per heavy atom. The summed E-state index contributed by atoms with van der Waals surface area (Å²) < 4.78 is 11.2. The number of carbonyl (C=O) groups is 2. The third kappa shape index (κ3) is 6.65. The fraction of sp³-hybridized carbons (Fsp3) is 0.667. The van der Waals surface area contributed by atoms with Gasteiger partial charge in [0.25, 0.3) is 0 Å². The quantitative estimate of drug-likeness (QED) is 0.237. The van der Waals surface area contributed by atoms with Crippen LogP contribution in [0.25, 0.3) is 0 Å². The van der Waals surface area contributed by atoms with E-state index in [0.29, 0.717) is 25.2 Å². The minimum Gasteiger partial charge on any atom is -0.478 e. The minimum absolute atomic E-state index is 0.156. The van der Waals surface area contributed by atoms with Gasteiger partial charge in [0.1, 0.15) is 5.75 Å². The van der Waals surface area contributed by atoms with Gasteiger partial charge < -0.3 is 9.47 Å². The van der Waals surface area contributed by atoms with Gasteiger partial charge in [-0.05, 0) is 43.0 Å². The van der Waals surface area contributed by atoms with E-state index in [1.54, 1.807) is 0 Å². The van der Waals surface area contributed by atoms with Gasteiger partial charge >= 0.3 is 5.97 Å². The van der Waals surface area contributed by atoms with E-state index in [2.05, 4.69) is 6.92 Å². The van der Waals surface area contributed by atoms with Gasteiger partial charge in [-0.1, -0.05) is 58.8 Å². The highest BCUT2D eigenvalue weighted by Crippen LogP contribution is 2.32. The Hall–Kier alpha value is -1.84. The summed E-state index contributed by atoms with van der Waals surface area (Å²) in [5.74, 6) is 0.571. The molecule has 1 aliphatic heterocycles. The van der Waals surface area contributed by atoms with Crippen LogP contribution in [0, 0.1) is 6.92 Å². The summed E-state index contributed by atoms with van der Waals surface area (Å²) in [5.41, 5.74) is 2.58. The normalized spacial score (nSPS) is 15.2. The lowest BCUT2D eigenvalue weighted by molar-refractivity contribution is -0.151. The maximum atomic E-state index is 12.3. The van der Waals surface area contributed by atoms with Crippen molar-refractivity contribution in [3.05, 3.63) is 28.8 Å². The molecule has 0 fully saturated rings. The molecule has 1 atom stereocenters. The molecule has 0 saturated heterocycles. The Morgan fingerprint density at radius 2 is 1.68 bits per heavy atom. The Kier molecular flexibility index (Phi) is 9.52. The predicted molar refractivity (Wildman–Crippen MR) is 112 cm³/mol. The number of fused-ring (bicyclic) bond motifs is 1. The first-order valence-electron chi connectivity index (χ1n) is 11.1. The van der Waals surface area contributed by atoms with E-state index in [4.69, 9.17) is 9.47 Å². The molecule has 1 unspecified atom stereocenters. The SMILES string of the molecule is CCCCCCCCCCOC(=O)C1Cc2cc(C(=O)CCC)c(C)cc2O1. The molecule has 1 aromatic carbocycles. The number of rotatable bonds is 13. The molecule has 1 aromatic rings. The van der Waals surface area contributed by atoms with Gasteiger partial charge in [0.15, 0.2) is 11.9 Å². The van der Waals surface area contributed by atoms with Crippen molar-refractivity contribution in [2.24, 2.45) is 0 Å². The number of unbranched alkanes of at least 4 members (excludes halogenated alkanes) is 7. The molecule has 4 nitrogen and oxygen atoms in total. The maximum absolute atomic E-state index is 12.3. The summed E-state index contributed by atoms with van der Waals surface area (Å²) in [6.07, 6.45) is 11.0. The fourth-order valence-corrected chi connectivity index (χ4v) is 3.69. The van der Waals surface area contributed by atoms with Gasteiger partial charge in [0.05, 0.1) is 6.61 Å². The van der Waals surface area contributed by atoms with Crippen molar-refractivity contribution < 1.29 is 19.1 Å². The molecule has 0 N–H and O–H groups in total. The third-order valence-electron chi connectivity index (χ3n) is 5.36. The van der Waals surface area contributed by atoms with Gasteiger partial charge in [0.2, 0.25) is 0 Å². The predicted octanol–water partition coefficient (Wildman–Crippen LogP) is 5.97. The van der Waals surface area contributed by atoms with Crippen molar-refractivity contribution in [2.75, 3.05) is 6.61 Å². The lowest BCUT2D eigenvalue weighted by atomic mass is 9.97. The number of hydrogen-bond donors (Lipinski definition) is 0. The van der Waals surface area contributed by atoms with E-state index >= 15 is 0 Å². The topological polar surface area (TPSA) is 52.6 Å². The van der Waals surface area contributed by atoms with E-state index in [-0.39, 0.29) is 11.8 Å². The second kappa shape index (κ2) is 11.9. The highest BCUT2D eigenvalue weighted by molar-refractivity contribution is 5.98. The molecule has 4 heteroatoms. The number of benzene rings is 1. The van der Waals surface area contributed by atoms with Crippen LogP contribution in [-0.4, -0.2) is 24.5 Å². The molecule has 0 amide bonds. The summed E-state index contributed by atoms with van der Waals surface area (Å²) in [6, 6.07) is 3.78. The van der Waals surface area contributed by atoms with E-state index in [1.165, 1.54) is 38.5 Å². The maximum Gasteiger partial charge on any atom is 0.347 e. The number of esters is 1. The van der Waals surface area contributed by atoms with Crippen LogP contribution in [0.2, 0.25) is 0 Å². The van der Waals surface area contributed by atoms with Crippen molar-refractivity contribution in [1.29, 1.82) is 0 Å². The summed E-state index contributed by atoms with van der Waals surface area (Å²) in [7, 11) is 0. The first kappa shape index (κ1) is 22.4. The lowest BCUT2D eigenvalue weighted by Gasteiger charge is -2.11. The highest BCUT2D eigenvalue weighted by atomic mass is 16.6. The molecule has 0 aromatic heterocycles. The fourth-order valence-electron chi connectivity index (χ4n) is 3.69. The summed E-state index contributed by atoms with van der Waals surface area (Å²) in [6.45, 7) is 6.61. The monoisotopic (exact) mass is 388 g/mol. The van der Waals surface area contributed by atoms with Gasteiger partial charge in [-0.2, -0.15) is 0 Å². The van der Waals surface area contributed by atoms with Crippen molar-refractivity contribution in [1.82, 2.24) is 0 Å². The second-order valence-corrected chi connectivity index (χ2v) is 7.90. The van der Waals surface area contributed by atoms with Crippen LogP contribution >= 0.6 is 0 Å². The van der Waals surface area contributed by atoms with E-state index in [1.807, 2.05) is 26.0 Å². The number of ketones is 1. The molecule has 0 saturated carbocycles. The Bertz CT molecular complexity index is 650. The van der Waals surface area contributed by atoms with Crippen LogP contribution in [0.5, 0.6) is 5.75 Å². The smallest absolute Gasteiger partial charge is 0.347 e. The van der Waals surface area contributed by atoms with E-state index in [9.17, 15) is 9.59 Å². The van der Waals surface area contributed by atoms with E-state index in [0.717, 1.165) is 36.0 Å². The highest BCUT2D eigenvalue weighted by Gasteiger charge is 2.31. The average molecular weight is 389 g/mol. The standard InChI is InChI=1S/C24H36O4/c1-4-6-7-8-9-10-11-12-14-27-24(26)23-17-19-16-20(21(25)13-5-2)18(3)15-22(19)28-23/h15-16,23H,4-14,17H2,1-3H3. The number of ether oxygens (including phenoxy) is 2. The van der Waals surface area contributed by atoms with Crippen molar-refractivity contribution in [3.63, 3.8) is 0 Å². The minimum atomic E-state index is -0.583. The van der Waals surface area contributed by atoms with Crippen LogP contribution in [0.4, 0.5) is 0 Å². The van der Waals surface area contributed by atoms with Crippen molar-refractivity contribution >= 4 is 11.8 Å². The third-order valence-corrected chi connectivity index (χ3v) is 5.36. The molecule has 0 radical (unpaired) electrons. The molecule has 0 bridgehead atoms. The van der Waals surface area contributed by atoms with Crippen LogP contribution in [0.15, 0.2) is 12.1 Å². The van der Waals surface area contributed by atoms with Crippen molar-refractivity contribution in [2.45, 2.75) is 97.5 Å². The van der Waals surface area contributed by atoms with Crippen molar-refractivity contribution in [3.8, 4) is 5.75 Å². The molecule has 1 aliphatic rings. The Labute approximate surface area is 170 Å². The largest absolute Gasteiger partial charge is 0.478 e. The van der Waals surface area contributed by atoms with Crippen LogP contribution in [0.1, 0.15) is 99.5 Å². The summed E-state index contributed by atoms with van der Waals surface area (Å²) >= 11 is 0. The number of hydrogen-bond acceptors (Lipinski definition) is 4. The van der Waals surface area contributed by atoms with Crippen LogP contribution in [0.3, 0.4) is 0 Å². The molecule has 0 aliphatic carbocycles. The lowest BCUT2D eigenvalue weighted by Crippen LogP contribution is -2.27. The zero-order valence-electron chi connectivity index (χ0n) is 17.9. The second-order valence-electron chi connectivity index (χ2n) is 7.90. The first-order chi connectivity index (χ1) is 13.6. The van der Waals surface area contributed by atoms with E-state index < -0.39 is 6.10 Å². The Balaban J connectivity index is 1.71. The molecular formula is C24H36O4. The molecule has 28 heavy (non-hydrogen) atoms. The van der Waals surface area contributed by atoms with Gasteiger partial charge in [0, 0.05) is 18.4 Å². The molecule has 156 valence electrons. The van der Waals surface area contributed by atoms with Crippen LogP contribution < -0.4 is 4.74 Å². The molecule has 1 heterocycles. The summed E-state index contributed by atoms with van der Waals surface area (Å²) in [5, 5.41) is 0. The van der Waals surface area contributed by atoms with Crippen LogP contribution in [-0.2, 0) is 16.0 Å². The van der Waals surface area contributed by atoms with Gasteiger partial charge in [-0.25, -0.2) is 4.79 Å². The van der Waals surface area contributed by atoms with Gasteiger partial charge in [-0.3, -0.25) is 4.79 Å². The molecule has 2 rings (SSSR count). The zero-order chi connectivity index (χ0) is 20.4. The summed E-state index contributed by atoms with van der Waals surface area (Å²) in [4.78, 5) is 24.6. The zero-order valence-corrected chi connectivity index (χ0v) is 17.9. The molecule has 0 spiro atoms. The number of Topliss-reactive ketones (excluding diaryl/α,β-unsaturated/α-hetero) is 1. The first-order valence-corrected chi connectivity index (χ1v) is 11.1. The number of carbonyl (C=O) groups excluding carboxylic acids is 2. The van der Waals surface area contributed by atoms with Gasteiger partial charge in [-0.15, -0.1) is 0 Å². The average Bonchev–Trinajstić information content (AvgIpc) is 3.09.